The fourth-order valence-electron chi connectivity index (χ4n) is 2.39. The third-order valence-electron chi connectivity index (χ3n) is 3.37. The van der Waals surface area contributed by atoms with Crippen molar-refractivity contribution in [3.05, 3.63) is 0 Å². The number of halogens is 1. The zero-order valence-electron chi connectivity index (χ0n) is 9.80. The standard InChI is InChI=1S/C12H24ClNS/c1-15-8-4-7-14-10-12-6-3-2-5-11(12)9-13/h11-12,14H,2-10H2,1H3. The lowest BCUT2D eigenvalue weighted by molar-refractivity contribution is 0.251. The van der Waals surface area contributed by atoms with Crippen LogP contribution in [0.15, 0.2) is 0 Å². The van der Waals surface area contributed by atoms with Crippen LogP contribution >= 0.6 is 23.4 Å². The fourth-order valence-corrected chi connectivity index (χ4v) is 3.22. The van der Waals surface area contributed by atoms with E-state index in [1.807, 2.05) is 11.8 Å². The molecule has 1 rings (SSSR count). The van der Waals surface area contributed by atoms with E-state index >= 15 is 0 Å². The summed E-state index contributed by atoms with van der Waals surface area (Å²) in [7, 11) is 0. The van der Waals surface area contributed by atoms with E-state index in [1.165, 1.54) is 50.9 Å². The van der Waals surface area contributed by atoms with Crippen LogP contribution in [0.25, 0.3) is 0 Å². The van der Waals surface area contributed by atoms with Crippen LogP contribution in [0.3, 0.4) is 0 Å². The van der Waals surface area contributed by atoms with Crippen LogP contribution in [0, 0.1) is 11.8 Å². The number of alkyl halides is 1. The number of rotatable bonds is 7. The van der Waals surface area contributed by atoms with Crippen molar-refractivity contribution in [2.75, 3.05) is 31.0 Å². The van der Waals surface area contributed by atoms with Crippen LogP contribution in [-0.4, -0.2) is 31.0 Å². The van der Waals surface area contributed by atoms with Crippen molar-refractivity contribution in [3.63, 3.8) is 0 Å². The molecule has 2 atom stereocenters. The summed E-state index contributed by atoms with van der Waals surface area (Å²) in [5.74, 6) is 3.74. The highest BCUT2D eigenvalue weighted by Crippen LogP contribution is 2.30. The van der Waals surface area contributed by atoms with E-state index in [4.69, 9.17) is 11.6 Å². The topological polar surface area (TPSA) is 12.0 Å². The quantitative estimate of drug-likeness (QED) is 0.549. The van der Waals surface area contributed by atoms with E-state index in [2.05, 4.69) is 11.6 Å². The van der Waals surface area contributed by atoms with Crippen LogP contribution in [0.4, 0.5) is 0 Å². The van der Waals surface area contributed by atoms with Gasteiger partial charge >= 0.3 is 0 Å². The number of hydrogen-bond donors (Lipinski definition) is 1. The summed E-state index contributed by atoms with van der Waals surface area (Å²) in [5.41, 5.74) is 0. The Balaban J connectivity index is 2.07. The van der Waals surface area contributed by atoms with Gasteiger partial charge in [-0.25, -0.2) is 0 Å². The van der Waals surface area contributed by atoms with E-state index in [0.29, 0.717) is 0 Å². The van der Waals surface area contributed by atoms with Gasteiger partial charge in [0.05, 0.1) is 0 Å². The molecule has 0 heterocycles. The van der Waals surface area contributed by atoms with Gasteiger partial charge in [0.25, 0.3) is 0 Å². The lowest BCUT2D eigenvalue weighted by Gasteiger charge is -2.30. The van der Waals surface area contributed by atoms with Gasteiger partial charge < -0.3 is 5.32 Å². The molecule has 1 N–H and O–H groups in total. The highest BCUT2D eigenvalue weighted by molar-refractivity contribution is 7.98. The molecule has 0 spiro atoms. The van der Waals surface area contributed by atoms with E-state index in [0.717, 1.165) is 17.7 Å². The third kappa shape index (κ3) is 5.46. The van der Waals surface area contributed by atoms with Crippen LogP contribution < -0.4 is 5.32 Å². The summed E-state index contributed by atoms with van der Waals surface area (Å²) < 4.78 is 0. The highest BCUT2D eigenvalue weighted by atomic mass is 35.5. The summed E-state index contributed by atoms with van der Waals surface area (Å²) in [6, 6.07) is 0. The molecule has 2 unspecified atom stereocenters. The molecule has 0 aromatic carbocycles. The van der Waals surface area contributed by atoms with Crippen LogP contribution in [0.1, 0.15) is 32.1 Å². The predicted octanol–water partition coefficient (Wildman–Crippen LogP) is 3.37. The van der Waals surface area contributed by atoms with Gasteiger partial charge in [0.1, 0.15) is 0 Å². The third-order valence-corrected chi connectivity index (χ3v) is 4.47. The average Bonchev–Trinajstić information content (AvgIpc) is 2.29. The Labute approximate surface area is 104 Å². The van der Waals surface area contributed by atoms with Gasteiger partial charge in [-0.2, -0.15) is 11.8 Å². The largest absolute Gasteiger partial charge is 0.316 e. The minimum absolute atomic E-state index is 0.772. The molecule has 1 fully saturated rings. The highest BCUT2D eigenvalue weighted by Gasteiger charge is 2.23. The Bertz CT molecular complexity index is 155. The molecule has 0 aromatic heterocycles. The first-order chi connectivity index (χ1) is 7.38. The average molecular weight is 250 g/mol. The second-order valence-corrected chi connectivity index (χ2v) is 5.80. The zero-order valence-corrected chi connectivity index (χ0v) is 11.4. The summed E-state index contributed by atoms with van der Waals surface area (Å²) in [6.07, 6.45) is 8.99. The van der Waals surface area contributed by atoms with Gasteiger partial charge in [-0.15, -0.1) is 11.6 Å². The molecular formula is C12H24ClNS. The predicted molar refractivity (Wildman–Crippen MR) is 72.0 cm³/mol. The van der Waals surface area contributed by atoms with Gasteiger partial charge in [-0.1, -0.05) is 12.8 Å². The van der Waals surface area contributed by atoms with Gasteiger partial charge in [-0.05, 0) is 56.2 Å². The first kappa shape index (κ1) is 13.7. The van der Waals surface area contributed by atoms with E-state index in [-0.39, 0.29) is 0 Å². The van der Waals surface area contributed by atoms with E-state index < -0.39 is 0 Å². The Morgan fingerprint density at radius 3 is 2.67 bits per heavy atom. The summed E-state index contributed by atoms with van der Waals surface area (Å²) >= 11 is 7.94. The maximum atomic E-state index is 6.01. The number of hydrogen-bond acceptors (Lipinski definition) is 2. The van der Waals surface area contributed by atoms with Crippen molar-refractivity contribution in [2.24, 2.45) is 11.8 Å². The van der Waals surface area contributed by atoms with Crippen molar-refractivity contribution < 1.29 is 0 Å². The van der Waals surface area contributed by atoms with Crippen molar-refractivity contribution >= 4 is 23.4 Å². The van der Waals surface area contributed by atoms with Crippen molar-refractivity contribution in [3.8, 4) is 0 Å². The molecule has 90 valence electrons. The van der Waals surface area contributed by atoms with Gasteiger partial charge in [-0.3, -0.25) is 0 Å². The fraction of sp³-hybridized carbons (Fsp3) is 1.00. The molecule has 0 saturated heterocycles. The summed E-state index contributed by atoms with van der Waals surface area (Å²) in [5, 5.41) is 3.58. The Kier molecular flexibility index (Phi) is 7.94. The molecular weight excluding hydrogens is 226 g/mol. The van der Waals surface area contributed by atoms with E-state index in [9.17, 15) is 0 Å². The Morgan fingerprint density at radius 1 is 1.27 bits per heavy atom. The number of thioether (sulfide) groups is 1. The molecule has 15 heavy (non-hydrogen) atoms. The molecule has 1 nitrogen and oxygen atoms in total. The molecule has 0 radical (unpaired) electrons. The Morgan fingerprint density at radius 2 is 2.00 bits per heavy atom. The maximum Gasteiger partial charge on any atom is 0.0254 e. The van der Waals surface area contributed by atoms with Crippen LogP contribution in [0.5, 0.6) is 0 Å². The van der Waals surface area contributed by atoms with E-state index in [1.54, 1.807) is 0 Å². The zero-order chi connectivity index (χ0) is 10.9. The first-order valence-electron chi connectivity index (χ1n) is 6.14. The monoisotopic (exact) mass is 249 g/mol. The minimum atomic E-state index is 0.772. The van der Waals surface area contributed by atoms with Crippen LogP contribution in [0.2, 0.25) is 0 Å². The minimum Gasteiger partial charge on any atom is -0.316 e. The summed E-state index contributed by atoms with van der Waals surface area (Å²) in [4.78, 5) is 0. The SMILES string of the molecule is CSCCCNCC1CCCCC1CCl. The first-order valence-corrected chi connectivity index (χ1v) is 8.07. The molecule has 1 saturated carbocycles. The molecule has 0 aliphatic heterocycles. The summed E-state index contributed by atoms with van der Waals surface area (Å²) in [6.45, 7) is 2.36. The van der Waals surface area contributed by atoms with Crippen molar-refractivity contribution in [1.82, 2.24) is 5.32 Å². The second-order valence-electron chi connectivity index (χ2n) is 4.51. The smallest absolute Gasteiger partial charge is 0.0254 e. The molecule has 1 aliphatic rings. The van der Waals surface area contributed by atoms with Crippen molar-refractivity contribution in [1.29, 1.82) is 0 Å². The lowest BCUT2D eigenvalue weighted by Crippen LogP contribution is -2.32. The molecule has 0 bridgehead atoms. The van der Waals surface area contributed by atoms with Crippen LogP contribution in [-0.2, 0) is 0 Å². The van der Waals surface area contributed by atoms with Gasteiger partial charge in [0.15, 0.2) is 0 Å². The van der Waals surface area contributed by atoms with Crippen molar-refractivity contribution in [2.45, 2.75) is 32.1 Å². The lowest BCUT2D eigenvalue weighted by atomic mass is 9.80. The maximum absolute atomic E-state index is 6.01. The molecule has 3 heteroatoms. The Hall–Kier alpha value is 0.600. The molecule has 0 amide bonds. The van der Waals surface area contributed by atoms with Gasteiger partial charge in [0, 0.05) is 5.88 Å². The molecule has 1 aliphatic carbocycles. The molecule has 0 aromatic rings. The number of nitrogens with one attached hydrogen (secondary N) is 1. The normalized spacial score (nSPS) is 26.8. The van der Waals surface area contributed by atoms with Gasteiger partial charge in [0.2, 0.25) is 0 Å². The second kappa shape index (κ2) is 8.72.